The summed E-state index contributed by atoms with van der Waals surface area (Å²) in [5.74, 6) is -1.38. The molecule has 1 aromatic carbocycles. The Kier molecular flexibility index (Phi) is 3.77. The van der Waals surface area contributed by atoms with Gasteiger partial charge in [0.25, 0.3) is 0 Å². The number of rotatable bonds is 3. The fourth-order valence-electron chi connectivity index (χ4n) is 1.33. The lowest BCUT2D eigenvalue weighted by molar-refractivity contribution is 0.125. The quantitative estimate of drug-likeness (QED) is 0.809. The van der Waals surface area contributed by atoms with Crippen molar-refractivity contribution in [1.29, 1.82) is 0 Å². The smallest absolute Gasteiger partial charge is 0.126 e. The van der Waals surface area contributed by atoms with Gasteiger partial charge >= 0.3 is 0 Å². The molecular weight excluding hydrogens is 200 g/mol. The zero-order valence-corrected chi connectivity index (χ0v) is 8.74. The number of benzene rings is 1. The number of hydrogen-bond acceptors (Lipinski definition) is 2. The molecule has 0 saturated heterocycles. The first-order valence-corrected chi connectivity index (χ1v) is 4.81. The molecule has 2 unspecified atom stereocenters. The van der Waals surface area contributed by atoms with Gasteiger partial charge in [0.15, 0.2) is 0 Å². The molecule has 2 atom stereocenters. The Morgan fingerprint density at radius 1 is 1.13 bits per heavy atom. The Morgan fingerprint density at radius 3 is 2.00 bits per heavy atom. The van der Waals surface area contributed by atoms with Crippen molar-refractivity contribution < 1.29 is 13.9 Å². The van der Waals surface area contributed by atoms with E-state index in [0.29, 0.717) is 0 Å². The Bertz CT molecular complexity index is 321. The number of aliphatic hydroxyl groups excluding tert-OH is 1. The van der Waals surface area contributed by atoms with Crippen molar-refractivity contribution in [3.05, 3.63) is 35.4 Å². The third-order valence-electron chi connectivity index (χ3n) is 2.36. The predicted molar refractivity (Wildman–Crippen MR) is 54.1 cm³/mol. The Labute approximate surface area is 87.7 Å². The Hall–Kier alpha value is -1.00. The van der Waals surface area contributed by atoms with Crippen LogP contribution in [0.5, 0.6) is 0 Å². The molecule has 0 fully saturated rings. The average molecular weight is 215 g/mol. The second kappa shape index (κ2) is 4.68. The van der Waals surface area contributed by atoms with Crippen LogP contribution in [0.1, 0.15) is 25.5 Å². The monoisotopic (exact) mass is 215 g/mol. The standard InChI is InChI=1S/C11H15F2NO/c1-6(2)10(14)11(15)7-3-8(12)5-9(13)4-7/h3-6,10-11,15H,14H2,1-2H3. The molecule has 0 aliphatic rings. The fourth-order valence-corrected chi connectivity index (χ4v) is 1.33. The van der Waals surface area contributed by atoms with Crippen molar-refractivity contribution in [3.63, 3.8) is 0 Å². The molecule has 0 amide bonds. The van der Waals surface area contributed by atoms with Crippen LogP contribution in [0.15, 0.2) is 18.2 Å². The molecular formula is C11H15F2NO. The fraction of sp³-hybridized carbons (Fsp3) is 0.455. The molecule has 0 aliphatic carbocycles. The van der Waals surface area contributed by atoms with Crippen LogP contribution in [0.3, 0.4) is 0 Å². The summed E-state index contributed by atoms with van der Waals surface area (Å²) in [7, 11) is 0. The molecule has 0 spiro atoms. The largest absolute Gasteiger partial charge is 0.387 e. The van der Waals surface area contributed by atoms with Crippen LogP contribution in [0, 0.1) is 17.6 Å². The molecule has 1 rings (SSSR count). The highest BCUT2D eigenvalue weighted by Gasteiger charge is 2.20. The summed E-state index contributed by atoms with van der Waals surface area (Å²) < 4.78 is 25.7. The predicted octanol–water partition coefficient (Wildman–Crippen LogP) is 1.98. The van der Waals surface area contributed by atoms with E-state index in [-0.39, 0.29) is 11.5 Å². The zero-order valence-electron chi connectivity index (χ0n) is 8.74. The van der Waals surface area contributed by atoms with Gasteiger partial charge in [-0.05, 0) is 23.6 Å². The van der Waals surface area contributed by atoms with E-state index in [1.807, 2.05) is 13.8 Å². The molecule has 15 heavy (non-hydrogen) atoms. The van der Waals surface area contributed by atoms with E-state index in [4.69, 9.17) is 5.73 Å². The van der Waals surface area contributed by atoms with Crippen molar-refractivity contribution in [2.45, 2.75) is 26.0 Å². The van der Waals surface area contributed by atoms with Crippen molar-refractivity contribution in [2.75, 3.05) is 0 Å². The van der Waals surface area contributed by atoms with Crippen LogP contribution in [-0.4, -0.2) is 11.1 Å². The lowest BCUT2D eigenvalue weighted by Gasteiger charge is -2.22. The SMILES string of the molecule is CC(C)C(N)C(O)c1cc(F)cc(F)c1. The van der Waals surface area contributed by atoms with Crippen molar-refractivity contribution in [1.82, 2.24) is 0 Å². The van der Waals surface area contributed by atoms with E-state index in [2.05, 4.69) is 0 Å². The maximum absolute atomic E-state index is 12.9. The minimum Gasteiger partial charge on any atom is -0.387 e. The highest BCUT2D eigenvalue weighted by molar-refractivity contribution is 5.21. The molecule has 0 radical (unpaired) electrons. The molecule has 4 heteroatoms. The minimum atomic E-state index is -1.05. The lowest BCUT2D eigenvalue weighted by Crippen LogP contribution is -2.33. The summed E-state index contributed by atoms with van der Waals surface area (Å²) in [4.78, 5) is 0. The number of aliphatic hydroxyl groups is 1. The Balaban J connectivity index is 2.95. The van der Waals surface area contributed by atoms with Crippen LogP contribution in [0.2, 0.25) is 0 Å². The first-order chi connectivity index (χ1) is 6.91. The topological polar surface area (TPSA) is 46.2 Å². The summed E-state index contributed by atoms with van der Waals surface area (Å²) >= 11 is 0. The van der Waals surface area contributed by atoms with Crippen LogP contribution in [0.25, 0.3) is 0 Å². The summed E-state index contributed by atoms with van der Waals surface area (Å²) in [6, 6.07) is 2.41. The van der Waals surface area contributed by atoms with Gasteiger partial charge in [-0.3, -0.25) is 0 Å². The van der Waals surface area contributed by atoms with Gasteiger partial charge in [0.1, 0.15) is 11.6 Å². The first kappa shape index (κ1) is 12.1. The van der Waals surface area contributed by atoms with E-state index in [9.17, 15) is 13.9 Å². The second-order valence-electron chi connectivity index (χ2n) is 3.97. The van der Waals surface area contributed by atoms with Gasteiger partial charge in [-0.25, -0.2) is 8.78 Å². The highest BCUT2D eigenvalue weighted by atomic mass is 19.1. The van der Waals surface area contributed by atoms with Crippen molar-refractivity contribution >= 4 is 0 Å². The molecule has 0 aromatic heterocycles. The van der Waals surface area contributed by atoms with Gasteiger partial charge in [0.2, 0.25) is 0 Å². The molecule has 1 aromatic rings. The first-order valence-electron chi connectivity index (χ1n) is 4.81. The summed E-state index contributed by atoms with van der Waals surface area (Å²) in [5, 5.41) is 9.75. The Morgan fingerprint density at radius 2 is 1.60 bits per heavy atom. The number of hydrogen-bond donors (Lipinski definition) is 2. The summed E-state index contributed by atoms with van der Waals surface area (Å²) in [6.45, 7) is 3.67. The molecule has 84 valence electrons. The van der Waals surface area contributed by atoms with E-state index in [1.54, 1.807) is 0 Å². The van der Waals surface area contributed by atoms with Gasteiger partial charge in [-0.2, -0.15) is 0 Å². The number of halogens is 2. The highest BCUT2D eigenvalue weighted by Crippen LogP contribution is 2.21. The second-order valence-corrected chi connectivity index (χ2v) is 3.97. The van der Waals surface area contributed by atoms with Gasteiger partial charge in [-0.1, -0.05) is 13.8 Å². The maximum Gasteiger partial charge on any atom is 0.126 e. The van der Waals surface area contributed by atoms with Crippen molar-refractivity contribution in [2.24, 2.45) is 11.7 Å². The van der Waals surface area contributed by atoms with Gasteiger partial charge < -0.3 is 10.8 Å². The third-order valence-corrected chi connectivity index (χ3v) is 2.36. The summed E-state index contributed by atoms with van der Waals surface area (Å²) in [5.41, 5.74) is 5.87. The molecule has 0 heterocycles. The number of nitrogens with two attached hydrogens (primary N) is 1. The van der Waals surface area contributed by atoms with Gasteiger partial charge in [0, 0.05) is 12.1 Å². The van der Waals surface area contributed by atoms with E-state index in [1.165, 1.54) is 0 Å². The summed E-state index contributed by atoms with van der Waals surface area (Å²) in [6.07, 6.45) is -1.05. The van der Waals surface area contributed by atoms with Crippen molar-refractivity contribution in [3.8, 4) is 0 Å². The van der Waals surface area contributed by atoms with Crippen LogP contribution < -0.4 is 5.73 Å². The van der Waals surface area contributed by atoms with Gasteiger partial charge in [0.05, 0.1) is 6.10 Å². The van der Waals surface area contributed by atoms with Crippen LogP contribution >= 0.6 is 0 Å². The molecule has 0 bridgehead atoms. The average Bonchev–Trinajstić information content (AvgIpc) is 2.13. The van der Waals surface area contributed by atoms with Crippen LogP contribution in [-0.2, 0) is 0 Å². The van der Waals surface area contributed by atoms with E-state index in [0.717, 1.165) is 18.2 Å². The van der Waals surface area contributed by atoms with E-state index < -0.39 is 23.8 Å². The minimum absolute atomic E-state index is 0.0336. The molecule has 2 nitrogen and oxygen atoms in total. The lowest BCUT2D eigenvalue weighted by atomic mass is 9.94. The molecule has 3 N–H and O–H groups in total. The van der Waals surface area contributed by atoms with Crippen LogP contribution in [0.4, 0.5) is 8.78 Å². The van der Waals surface area contributed by atoms with Gasteiger partial charge in [-0.15, -0.1) is 0 Å². The normalized spacial score (nSPS) is 15.4. The van der Waals surface area contributed by atoms with E-state index >= 15 is 0 Å². The third kappa shape index (κ3) is 2.97. The molecule has 0 aliphatic heterocycles. The zero-order chi connectivity index (χ0) is 11.6. The molecule has 0 saturated carbocycles. The maximum atomic E-state index is 12.9.